The fourth-order valence-corrected chi connectivity index (χ4v) is 7.61. The molecule has 1 nitrogen and oxygen atoms in total. The third-order valence-corrected chi connectivity index (χ3v) is 10.0. The second-order valence-electron chi connectivity index (χ2n) is 8.22. The molecule has 0 radical (unpaired) electrons. The zero-order valence-electron chi connectivity index (χ0n) is 17.1. The van der Waals surface area contributed by atoms with E-state index in [4.69, 9.17) is 0 Å². The second-order valence-corrected chi connectivity index (χ2v) is 11.8. The number of hydrogen-bond acceptors (Lipinski definition) is 1. The molecule has 0 N–H and O–H groups in total. The number of fused-ring (bicyclic) bond motifs is 1. The standard InChI is InChI=1S/C23H35NTe/c1-8-24(9-2)16-18(4)17(3)14-21-20-13-11-10-12-19(20)15-22(25-21)23(5,6)7/h10-13,15,21H,8-9,14,16H2,1-7H3/b18-17+. The van der Waals surface area contributed by atoms with Gasteiger partial charge in [-0.3, -0.25) is 0 Å². The van der Waals surface area contributed by atoms with E-state index in [0.29, 0.717) is 5.41 Å². The molecule has 138 valence electrons. The first-order chi connectivity index (χ1) is 11.8. The fourth-order valence-electron chi connectivity index (χ4n) is 3.24. The Bertz CT molecular complexity index is 644. The zero-order valence-corrected chi connectivity index (χ0v) is 19.5. The van der Waals surface area contributed by atoms with E-state index < -0.39 is 0 Å². The van der Waals surface area contributed by atoms with E-state index in [1.54, 1.807) is 20.3 Å². The summed E-state index contributed by atoms with van der Waals surface area (Å²) >= 11 is -0.181. The molecule has 2 rings (SSSR count). The van der Waals surface area contributed by atoms with E-state index in [0.717, 1.165) is 23.6 Å². The molecule has 25 heavy (non-hydrogen) atoms. The van der Waals surface area contributed by atoms with Gasteiger partial charge in [-0.2, -0.15) is 0 Å². The van der Waals surface area contributed by atoms with Gasteiger partial charge in [-0.05, 0) is 0 Å². The molecule has 0 saturated heterocycles. The van der Waals surface area contributed by atoms with Crippen LogP contribution >= 0.6 is 0 Å². The Balaban J connectivity index is 2.25. The molecule has 0 amide bonds. The van der Waals surface area contributed by atoms with Gasteiger partial charge in [-0.15, -0.1) is 0 Å². The van der Waals surface area contributed by atoms with Crippen molar-refractivity contribution in [3.63, 3.8) is 0 Å². The van der Waals surface area contributed by atoms with Gasteiger partial charge < -0.3 is 0 Å². The number of allylic oxidation sites excluding steroid dienone is 2. The van der Waals surface area contributed by atoms with E-state index in [1.165, 1.54) is 12.0 Å². The number of nitrogens with zero attached hydrogens (tertiary/aromatic N) is 1. The van der Waals surface area contributed by atoms with Gasteiger partial charge in [0.15, 0.2) is 0 Å². The quantitative estimate of drug-likeness (QED) is 0.383. The molecule has 0 saturated carbocycles. The third kappa shape index (κ3) is 5.46. The van der Waals surface area contributed by atoms with Crippen molar-refractivity contribution in [2.24, 2.45) is 5.41 Å². The average molecular weight is 453 g/mol. The van der Waals surface area contributed by atoms with E-state index in [-0.39, 0.29) is 20.9 Å². The van der Waals surface area contributed by atoms with Crippen molar-refractivity contribution in [1.29, 1.82) is 0 Å². The van der Waals surface area contributed by atoms with E-state index in [2.05, 4.69) is 83.7 Å². The van der Waals surface area contributed by atoms with Crippen LogP contribution in [-0.4, -0.2) is 45.5 Å². The summed E-state index contributed by atoms with van der Waals surface area (Å²) in [6.07, 6.45) is 3.73. The van der Waals surface area contributed by atoms with E-state index >= 15 is 0 Å². The molecule has 2 heteroatoms. The molecule has 1 aliphatic heterocycles. The maximum atomic E-state index is 2.52. The normalized spacial score (nSPS) is 18.7. The minimum atomic E-state index is -0.181. The van der Waals surface area contributed by atoms with Crippen molar-refractivity contribution in [2.75, 3.05) is 19.6 Å². The molecular weight excluding hydrogens is 418 g/mol. The first kappa shape index (κ1) is 20.8. The SMILES string of the molecule is CCN(CC)C/C(C)=C(\C)CC1[Te]C(C(C)(C)C)=Cc2ccccc21. The van der Waals surface area contributed by atoms with Crippen LogP contribution in [0.1, 0.15) is 70.0 Å². The van der Waals surface area contributed by atoms with Gasteiger partial charge >= 0.3 is 166 Å². The van der Waals surface area contributed by atoms with Gasteiger partial charge in [0.2, 0.25) is 0 Å². The summed E-state index contributed by atoms with van der Waals surface area (Å²) < 4.78 is 2.46. The van der Waals surface area contributed by atoms with Gasteiger partial charge in [-0.25, -0.2) is 0 Å². The van der Waals surface area contributed by atoms with Gasteiger partial charge in [0.05, 0.1) is 0 Å². The minimum absolute atomic E-state index is 0.181. The molecule has 1 unspecified atom stereocenters. The van der Waals surface area contributed by atoms with Crippen LogP contribution in [0, 0.1) is 5.41 Å². The predicted molar refractivity (Wildman–Crippen MR) is 113 cm³/mol. The van der Waals surface area contributed by atoms with Crippen LogP contribution in [0.5, 0.6) is 0 Å². The summed E-state index contributed by atoms with van der Waals surface area (Å²) in [5.74, 6) is 0. The van der Waals surface area contributed by atoms with Crippen molar-refractivity contribution >= 4 is 27.0 Å². The number of hydrogen-bond donors (Lipinski definition) is 0. The molecule has 0 aliphatic carbocycles. The predicted octanol–water partition coefficient (Wildman–Crippen LogP) is 5.90. The Morgan fingerprint density at radius 1 is 1.04 bits per heavy atom. The van der Waals surface area contributed by atoms with E-state index in [1.807, 2.05) is 0 Å². The van der Waals surface area contributed by atoms with Crippen molar-refractivity contribution in [2.45, 2.75) is 58.9 Å². The third-order valence-electron chi connectivity index (χ3n) is 5.21. The first-order valence-corrected chi connectivity index (χ1v) is 12.1. The molecule has 0 fully saturated rings. The molecule has 0 spiro atoms. The molecule has 0 bridgehead atoms. The van der Waals surface area contributed by atoms with Crippen molar-refractivity contribution in [3.8, 4) is 0 Å². The summed E-state index contributed by atoms with van der Waals surface area (Å²) in [6.45, 7) is 19.8. The number of benzene rings is 1. The molecule has 1 aromatic carbocycles. The summed E-state index contributed by atoms with van der Waals surface area (Å²) in [7, 11) is 0. The molecular formula is C23H35NTe. The van der Waals surface area contributed by atoms with Crippen LogP contribution in [0.15, 0.2) is 39.0 Å². The average Bonchev–Trinajstić information content (AvgIpc) is 2.58. The maximum absolute atomic E-state index is 2.52. The van der Waals surface area contributed by atoms with Gasteiger partial charge in [0, 0.05) is 0 Å². The Kier molecular flexibility index (Phi) is 7.39. The van der Waals surface area contributed by atoms with Crippen LogP contribution in [0.4, 0.5) is 0 Å². The summed E-state index contributed by atoms with van der Waals surface area (Å²) in [4.78, 5) is 2.52. The van der Waals surface area contributed by atoms with E-state index in [9.17, 15) is 0 Å². The topological polar surface area (TPSA) is 3.24 Å². The van der Waals surface area contributed by atoms with Crippen LogP contribution < -0.4 is 0 Å². The molecule has 1 heterocycles. The van der Waals surface area contributed by atoms with Crippen LogP contribution in [0.25, 0.3) is 6.08 Å². The second kappa shape index (κ2) is 8.90. The molecule has 1 aromatic rings. The molecule has 0 aromatic heterocycles. The van der Waals surface area contributed by atoms with Gasteiger partial charge in [-0.1, -0.05) is 0 Å². The fraction of sp³-hybridized carbons (Fsp3) is 0.565. The van der Waals surface area contributed by atoms with Gasteiger partial charge in [0.1, 0.15) is 0 Å². The number of rotatable bonds is 6. The molecule has 1 aliphatic rings. The Morgan fingerprint density at radius 3 is 2.28 bits per heavy atom. The first-order valence-electron chi connectivity index (χ1n) is 9.61. The Labute approximate surface area is 165 Å². The number of likely N-dealkylation sites (N-methyl/N-ethyl adjacent to an activating group) is 1. The summed E-state index contributed by atoms with van der Waals surface area (Å²) in [5.41, 5.74) is 6.53. The van der Waals surface area contributed by atoms with Crippen LogP contribution in [0.3, 0.4) is 0 Å². The Hall–Kier alpha value is -0.550. The Morgan fingerprint density at radius 2 is 1.68 bits per heavy atom. The van der Waals surface area contributed by atoms with Gasteiger partial charge in [0.25, 0.3) is 0 Å². The zero-order chi connectivity index (χ0) is 18.6. The van der Waals surface area contributed by atoms with Crippen molar-refractivity contribution in [3.05, 3.63) is 50.2 Å². The monoisotopic (exact) mass is 455 g/mol. The van der Waals surface area contributed by atoms with Crippen molar-refractivity contribution < 1.29 is 0 Å². The summed E-state index contributed by atoms with van der Waals surface area (Å²) in [5, 5.41) is 0. The van der Waals surface area contributed by atoms with Crippen molar-refractivity contribution in [1.82, 2.24) is 4.90 Å². The van der Waals surface area contributed by atoms with Crippen LogP contribution in [-0.2, 0) is 0 Å². The van der Waals surface area contributed by atoms with Crippen LogP contribution in [0.2, 0.25) is 0 Å². The molecule has 1 atom stereocenters. The summed E-state index contributed by atoms with van der Waals surface area (Å²) in [6, 6.07) is 9.08.